The second-order valence-electron chi connectivity index (χ2n) is 3.15. The first-order valence-corrected chi connectivity index (χ1v) is 5.06. The summed E-state index contributed by atoms with van der Waals surface area (Å²) in [5.41, 5.74) is 0. The van der Waals surface area contributed by atoms with E-state index >= 15 is 0 Å². The van der Waals surface area contributed by atoms with Gasteiger partial charge < -0.3 is 14.8 Å². The van der Waals surface area contributed by atoms with Gasteiger partial charge in [0.25, 0.3) is 0 Å². The Kier molecular flexibility index (Phi) is 3.24. The lowest BCUT2D eigenvalue weighted by molar-refractivity contribution is 0.0660. The van der Waals surface area contributed by atoms with Gasteiger partial charge in [0.05, 0.1) is 18.9 Å². The number of nitrogens with one attached hydrogen (secondary N) is 1. The molecule has 2 heterocycles. The minimum absolute atomic E-state index is 0.0982. The van der Waals surface area contributed by atoms with Crippen LogP contribution in [0.25, 0.3) is 0 Å². The van der Waals surface area contributed by atoms with E-state index in [9.17, 15) is 4.79 Å². The number of hydrogen-bond acceptors (Lipinski definition) is 5. The van der Waals surface area contributed by atoms with Gasteiger partial charge in [0.1, 0.15) is 16.7 Å². The van der Waals surface area contributed by atoms with Crippen LogP contribution in [0.5, 0.6) is 0 Å². The molecule has 2 rings (SSSR count). The molecule has 0 unspecified atom stereocenters. The standard InChI is InChI=1S/C10H8ClN3O3/c11-8-4-12-5-9(14-8)13-3-6-1-2-7(17-6)10(15)16/h1-2,4-5H,3H2,(H,13,14)(H,15,16). The number of anilines is 1. The molecule has 88 valence electrons. The van der Waals surface area contributed by atoms with Crippen LogP contribution in [-0.2, 0) is 6.54 Å². The zero-order chi connectivity index (χ0) is 12.3. The third-order valence-electron chi connectivity index (χ3n) is 1.92. The average molecular weight is 254 g/mol. The molecule has 0 aliphatic rings. The molecule has 0 amide bonds. The van der Waals surface area contributed by atoms with Gasteiger partial charge in [-0.1, -0.05) is 11.6 Å². The number of rotatable bonds is 4. The van der Waals surface area contributed by atoms with Crippen LogP contribution in [-0.4, -0.2) is 21.0 Å². The largest absolute Gasteiger partial charge is 0.475 e. The van der Waals surface area contributed by atoms with Gasteiger partial charge in [0.2, 0.25) is 5.76 Å². The molecule has 0 aliphatic carbocycles. The second kappa shape index (κ2) is 4.84. The molecule has 0 fully saturated rings. The SMILES string of the molecule is O=C(O)c1ccc(CNc2cncc(Cl)n2)o1. The molecule has 0 atom stereocenters. The lowest BCUT2D eigenvalue weighted by Gasteiger charge is -2.02. The first kappa shape index (κ1) is 11.4. The summed E-state index contributed by atoms with van der Waals surface area (Å²) < 4.78 is 5.05. The number of furan rings is 1. The molecule has 2 N–H and O–H groups in total. The summed E-state index contributed by atoms with van der Waals surface area (Å²) in [6.07, 6.45) is 2.93. The highest BCUT2D eigenvalue weighted by molar-refractivity contribution is 6.29. The van der Waals surface area contributed by atoms with Crippen molar-refractivity contribution in [2.75, 3.05) is 5.32 Å². The monoisotopic (exact) mass is 253 g/mol. The minimum Gasteiger partial charge on any atom is -0.475 e. The molecule has 0 saturated carbocycles. The molecule has 0 saturated heterocycles. The van der Waals surface area contributed by atoms with E-state index in [1.807, 2.05) is 0 Å². The van der Waals surface area contributed by atoms with Crippen LogP contribution in [0, 0.1) is 0 Å². The van der Waals surface area contributed by atoms with Gasteiger partial charge in [0, 0.05) is 0 Å². The highest BCUT2D eigenvalue weighted by Gasteiger charge is 2.08. The Labute approximate surface area is 101 Å². The lowest BCUT2D eigenvalue weighted by Crippen LogP contribution is -2.01. The Balaban J connectivity index is 2.00. The van der Waals surface area contributed by atoms with Crippen molar-refractivity contribution >= 4 is 23.4 Å². The second-order valence-corrected chi connectivity index (χ2v) is 3.54. The summed E-state index contributed by atoms with van der Waals surface area (Å²) in [5, 5.41) is 11.9. The minimum atomic E-state index is -1.10. The van der Waals surface area contributed by atoms with E-state index in [1.54, 1.807) is 6.07 Å². The van der Waals surface area contributed by atoms with E-state index in [0.29, 0.717) is 18.1 Å². The highest BCUT2D eigenvalue weighted by Crippen LogP contribution is 2.11. The summed E-state index contributed by atoms with van der Waals surface area (Å²) in [6.45, 7) is 0.308. The number of aromatic nitrogens is 2. The van der Waals surface area contributed by atoms with Gasteiger partial charge in [0.15, 0.2) is 0 Å². The molecule has 0 bridgehead atoms. The fourth-order valence-electron chi connectivity index (χ4n) is 1.19. The number of halogens is 1. The van der Waals surface area contributed by atoms with Crippen LogP contribution in [0.15, 0.2) is 28.9 Å². The van der Waals surface area contributed by atoms with Gasteiger partial charge in [-0.3, -0.25) is 4.98 Å². The van der Waals surface area contributed by atoms with Crippen molar-refractivity contribution in [1.82, 2.24) is 9.97 Å². The third-order valence-corrected chi connectivity index (χ3v) is 2.10. The van der Waals surface area contributed by atoms with Gasteiger partial charge in [-0.15, -0.1) is 0 Å². The zero-order valence-electron chi connectivity index (χ0n) is 8.55. The molecule has 0 radical (unpaired) electrons. The summed E-state index contributed by atoms with van der Waals surface area (Å²) >= 11 is 5.66. The molecule has 2 aromatic rings. The molecular weight excluding hydrogens is 246 g/mol. The first-order chi connectivity index (χ1) is 8.15. The molecule has 6 nitrogen and oxygen atoms in total. The number of aromatic carboxylic acids is 1. The van der Waals surface area contributed by atoms with Crippen molar-refractivity contribution in [1.29, 1.82) is 0 Å². The quantitative estimate of drug-likeness (QED) is 0.867. The molecule has 0 aromatic carbocycles. The fraction of sp³-hybridized carbons (Fsp3) is 0.100. The first-order valence-electron chi connectivity index (χ1n) is 4.68. The summed E-state index contributed by atoms with van der Waals surface area (Å²) in [4.78, 5) is 18.4. The van der Waals surface area contributed by atoms with E-state index in [1.165, 1.54) is 18.5 Å². The molecule has 7 heteroatoms. The maximum absolute atomic E-state index is 10.6. The maximum atomic E-state index is 10.6. The summed E-state index contributed by atoms with van der Waals surface area (Å²) in [7, 11) is 0. The van der Waals surface area contributed by atoms with Gasteiger partial charge in [-0.25, -0.2) is 9.78 Å². The lowest BCUT2D eigenvalue weighted by atomic mass is 10.4. The number of hydrogen-bond donors (Lipinski definition) is 2. The van der Waals surface area contributed by atoms with Gasteiger partial charge >= 0.3 is 5.97 Å². The Bertz CT molecular complexity index is 541. The smallest absolute Gasteiger partial charge is 0.371 e. The Morgan fingerprint density at radius 3 is 2.94 bits per heavy atom. The van der Waals surface area contributed by atoms with Crippen molar-refractivity contribution in [2.24, 2.45) is 0 Å². The Morgan fingerprint density at radius 2 is 2.29 bits per heavy atom. The van der Waals surface area contributed by atoms with Crippen molar-refractivity contribution in [3.63, 3.8) is 0 Å². The number of carboxylic acid groups (broad SMARTS) is 1. The maximum Gasteiger partial charge on any atom is 0.371 e. The van der Waals surface area contributed by atoms with E-state index in [-0.39, 0.29) is 10.9 Å². The molecule has 0 spiro atoms. The van der Waals surface area contributed by atoms with Crippen LogP contribution in [0.4, 0.5) is 5.82 Å². The molecule has 0 aliphatic heterocycles. The van der Waals surface area contributed by atoms with Crippen LogP contribution in [0.2, 0.25) is 5.15 Å². The molecule has 17 heavy (non-hydrogen) atoms. The normalized spacial score (nSPS) is 10.2. The zero-order valence-corrected chi connectivity index (χ0v) is 9.31. The van der Waals surface area contributed by atoms with Crippen LogP contribution < -0.4 is 5.32 Å². The number of carboxylic acids is 1. The Morgan fingerprint density at radius 1 is 1.47 bits per heavy atom. The van der Waals surface area contributed by atoms with E-state index in [4.69, 9.17) is 21.1 Å². The van der Waals surface area contributed by atoms with Gasteiger partial charge in [-0.05, 0) is 12.1 Å². The van der Waals surface area contributed by atoms with Crippen LogP contribution in [0.3, 0.4) is 0 Å². The van der Waals surface area contributed by atoms with Crippen molar-refractivity contribution in [3.8, 4) is 0 Å². The highest BCUT2D eigenvalue weighted by atomic mass is 35.5. The summed E-state index contributed by atoms with van der Waals surface area (Å²) in [5.74, 6) is -0.215. The van der Waals surface area contributed by atoms with Crippen LogP contribution >= 0.6 is 11.6 Å². The predicted octanol–water partition coefficient (Wildman–Crippen LogP) is 2.03. The predicted molar refractivity (Wildman–Crippen MR) is 60.0 cm³/mol. The van der Waals surface area contributed by atoms with Crippen molar-refractivity contribution in [3.05, 3.63) is 41.2 Å². The average Bonchev–Trinajstić information content (AvgIpc) is 2.75. The molecular formula is C10H8ClN3O3. The fourth-order valence-corrected chi connectivity index (χ4v) is 1.34. The van der Waals surface area contributed by atoms with E-state index in [2.05, 4.69) is 15.3 Å². The van der Waals surface area contributed by atoms with Crippen molar-refractivity contribution in [2.45, 2.75) is 6.54 Å². The van der Waals surface area contributed by atoms with Crippen molar-refractivity contribution < 1.29 is 14.3 Å². The topological polar surface area (TPSA) is 88.2 Å². The van der Waals surface area contributed by atoms with Gasteiger partial charge in [-0.2, -0.15) is 0 Å². The third kappa shape index (κ3) is 2.94. The van der Waals surface area contributed by atoms with E-state index in [0.717, 1.165) is 0 Å². The number of nitrogens with zero attached hydrogens (tertiary/aromatic N) is 2. The van der Waals surface area contributed by atoms with Crippen LogP contribution in [0.1, 0.15) is 16.3 Å². The Hall–Kier alpha value is -2.08. The summed E-state index contributed by atoms with van der Waals surface area (Å²) in [6, 6.07) is 2.97. The number of carbonyl (C=O) groups is 1. The molecule has 2 aromatic heterocycles. The van der Waals surface area contributed by atoms with E-state index < -0.39 is 5.97 Å².